The van der Waals surface area contributed by atoms with Crippen molar-refractivity contribution in [1.29, 1.82) is 0 Å². The monoisotopic (exact) mass is 310 g/mol. The van der Waals surface area contributed by atoms with Gasteiger partial charge in [0.05, 0.1) is 27.1 Å². The van der Waals surface area contributed by atoms with E-state index in [1.165, 1.54) is 25.6 Å². The van der Waals surface area contributed by atoms with Gasteiger partial charge in [-0.05, 0) is 28.0 Å². The topological polar surface area (TPSA) is 52.6 Å². The Labute approximate surface area is 125 Å². The van der Waals surface area contributed by atoms with Crippen molar-refractivity contribution in [3.05, 3.63) is 34.0 Å². The summed E-state index contributed by atoms with van der Waals surface area (Å²) >= 11 is 3.14. The van der Waals surface area contributed by atoms with Crippen molar-refractivity contribution in [2.45, 2.75) is 12.8 Å². The van der Waals surface area contributed by atoms with Crippen molar-refractivity contribution < 1.29 is 19.1 Å². The molecule has 106 valence electrons. The molecule has 0 N–H and O–H groups in total. The number of esters is 2. The lowest BCUT2D eigenvalue weighted by Crippen LogP contribution is -2.10. The Morgan fingerprint density at radius 1 is 1.10 bits per heavy atom. The Hall–Kier alpha value is -1.66. The number of hydrogen-bond donors (Lipinski definition) is 0. The third-order valence-corrected chi connectivity index (χ3v) is 4.96. The first-order chi connectivity index (χ1) is 9.65. The average Bonchev–Trinajstić information content (AvgIpc) is 3.09. The van der Waals surface area contributed by atoms with E-state index in [1.807, 2.05) is 22.9 Å². The first-order valence-electron chi connectivity index (χ1n) is 5.92. The maximum absolute atomic E-state index is 11.6. The van der Waals surface area contributed by atoms with Gasteiger partial charge in [-0.3, -0.25) is 9.59 Å². The molecule has 0 aliphatic carbocycles. The number of hydrogen-bond acceptors (Lipinski definition) is 6. The molecule has 0 radical (unpaired) electrons. The lowest BCUT2D eigenvalue weighted by atomic mass is 10.0. The Bertz CT molecular complexity index is 599. The molecule has 0 amide bonds. The summed E-state index contributed by atoms with van der Waals surface area (Å²) in [7, 11) is 2.72. The van der Waals surface area contributed by atoms with Crippen LogP contribution in [0.1, 0.15) is 11.1 Å². The minimum Gasteiger partial charge on any atom is -0.469 e. The molecular weight excluding hydrogens is 296 g/mol. The normalized spacial score (nSPS) is 10.3. The number of methoxy groups -OCH3 is 2. The second-order valence-electron chi connectivity index (χ2n) is 4.05. The quantitative estimate of drug-likeness (QED) is 0.797. The van der Waals surface area contributed by atoms with Crippen LogP contribution in [0.2, 0.25) is 0 Å². The van der Waals surface area contributed by atoms with Gasteiger partial charge in [0, 0.05) is 9.75 Å². The second-order valence-corrected chi connectivity index (χ2v) is 5.88. The maximum atomic E-state index is 11.6. The molecule has 2 heterocycles. The average molecular weight is 310 g/mol. The summed E-state index contributed by atoms with van der Waals surface area (Å²) in [6.45, 7) is 0. The Balaban J connectivity index is 2.37. The van der Waals surface area contributed by atoms with Crippen LogP contribution in [0.15, 0.2) is 22.9 Å². The third kappa shape index (κ3) is 3.26. The van der Waals surface area contributed by atoms with E-state index in [2.05, 4.69) is 0 Å². The molecule has 0 aliphatic rings. The van der Waals surface area contributed by atoms with Crippen LogP contribution >= 0.6 is 22.7 Å². The summed E-state index contributed by atoms with van der Waals surface area (Å²) in [5, 5.41) is 3.89. The number of carbonyl (C=O) groups is 2. The lowest BCUT2D eigenvalue weighted by Gasteiger charge is -2.05. The number of thiophene rings is 2. The molecule has 0 saturated carbocycles. The van der Waals surface area contributed by atoms with Crippen LogP contribution in [-0.2, 0) is 31.9 Å². The minimum absolute atomic E-state index is 0.166. The molecule has 6 heteroatoms. The van der Waals surface area contributed by atoms with Gasteiger partial charge in [-0.1, -0.05) is 6.07 Å². The molecular formula is C14H14O4S2. The van der Waals surface area contributed by atoms with Gasteiger partial charge >= 0.3 is 11.9 Å². The van der Waals surface area contributed by atoms with E-state index >= 15 is 0 Å². The second kappa shape index (κ2) is 6.67. The molecule has 2 aromatic rings. The SMILES string of the molecule is COC(=O)Cc1csc(-c2cccs2)c1CC(=O)OC. The maximum Gasteiger partial charge on any atom is 0.310 e. The highest BCUT2D eigenvalue weighted by Gasteiger charge is 2.19. The highest BCUT2D eigenvalue weighted by Crippen LogP contribution is 2.36. The highest BCUT2D eigenvalue weighted by atomic mass is 32.1. The first-order valence-corrected chi connectivity index (χ1v) is 7.68. The van der Waals surface area contributed by atoms with Crippen LogP contribution in [-0.4, -0.2) is 26.2 Å². The largest absolute Gasteiger partial charge is 0.469 e. The van der Waals surface area contributed by atoms with Crippen molar-refractivity contribution in [3.8, 4) is 9.75 Å². The standard InChI is InChI=1S/C14H14O4S2/c1-17-12(15)6-9-8-20-14(11-4-3-5-19-11)10(9)7-13(16)18-2/h3-5,8H,6-7H2,1-2H3. The molecule has 4 nitrogen and oxygen atoms in total. The molecule has 2 rings (SSSR count). The third-order valence-electron chi connectivity index (χ3n) is 2.84. The van der Waals surface area contributed by atoms with Gasteiger partial charge in [0.15, 0.2) is 0 Å². The zero-order valence-electron chi connectivity index (χ0n) is 11.2. The van der Waals surface area contributed by atoms with Crippen molar-refractivity contribution >= 4 is 34.6 Å². The minimum atomic E-state index is -0.313. The van der Waals surface area contributed by atoms with Gasteiger partial charge in [0.25, 0.3) is 0 Å². The van der Waals surface area contributed by atoms with Crippen LogP contribution in [0, 0.1) is 0 Å². The zero-order chi connectivity index (χ0) is 14.5. The highest BCUT2D eigenvalue weighted by molar-refractivity contribution is 7.20. The van der Waals surface area contributed by atoms with Crippen LogP contribution in [0.5, 0.6) is 0 Å². The Morgan fingerprint density at radius 2 is 1.80 bits per heavy atom. The Morgan fingerprint density at radius 3 is 2.40 bits per heavy atom. The molecule has 0 atom stereocenters. The molecule has 2 aromatic heterocycles. The number of carbonyl (C=O) groups excluding carboxylic acids is 2. The molecule has 0 unspecified atom stereocenters. The number of rotatable bonds is 5. The molecule has 0 aliphatic heterocycles. The summed E-state index contributed by atoms with van der Waals surface area (Å²) in [5.74, 6) is -0.626. The fraction of sp³-hybridized carbons (Fsp3) is 0.286. The summed E-state index contributed by atoms with van der Waals surface area (Å²) < 4.78 is 9.43. The van der Waals surface area contributed by atoms with Crippen LogP contribution in [0.25, 0.3) is 9.75 Å². The predicted octanol–water partition coefficient (Wildman–Crippen LogP) is 2.91. The molecule has 0 fully saturated rings. The van der Waals surface area contributed by atoms with E-state index < -0.39 is 0 Å². The molecule has 0 bridgehead atoms. The van der Waals surface area contributed by atoms with Crippen LogP contribution in [0.3, 0.4) is 0 Å². The van der Waals surface area contributed by atoms with E-state index in [0.29, 0.717) is 0 Å². The molecule has 20 heavy (non-hydrogen) atoms. The van der Waals surface area contributed by atoms with E-state index in [4.69, 9.17) is 9.47 Å². The summed E-state index contributed by atoms with van der Waals surface area (Å²) in [5.41, 5.74) is 1.69. The van der Waals surface area contributed by atoms with Gasteiger partial charge in [0.2, 0.25) is 0 Å². The van der Waals surface area contributed by atoms with Gasteiger partial charge in [-0.2, -0.15) is 0 Å². The van der Waals surface area contributed by atoms with E-state index in [9.17, 15) is 9.59 Å². The number of ether oxygens (including phenoxy) is 2. The molecule has 0 saturated heterocycles. The van der Waals surface area contributed by atoms with Gasteiger partial charge < -0.3 is 9.47 Å². The van der Waals surface area contributed by atoms with Crippen molar-refractivity contribution in [1.82, 2.24) is 0 Å². The van der Waals surface area contributed by atoms with Gasteiger partial charge in [0.1, 0.15) is 0 Å². The molecule has 0 spiro atoms. The van der Waals surface area contributed by atoms with Gasteiger partial charge in [-0.15, -0.1) is 22.7 Å². The summed E-state index contributed by atoms with van der Waals surface area (Å²) in [4.78, 5) is 25.1. The summed E-state index contributed by atoms with van der Waals surface area (Å²) in [6.07, 6.45) is 0.338. The fourth-order valence-electron chi connectivity index (χ4n) is 1.82. The van der Waals surface area contributed by atoms with E-state index in [0.717, 1.165) is 20.9 Å². The first kappa shape index (κ1) is 14.7. The molecule has 0 aromatic carbocycles. The Kier molecular flexibility index (Phi) is 4.92. The predicted molar refractivity (Wildman–Crippen MR) is 79.1 cm³/mol. The lowest BCUT2D eigenvalue weighted by molar-refractivity contribution is -0.141. The van der Waals surface area contributed by atoms with Crippen molar-refractivity contribution in [3.63, 3.8) is 0 Å². The van der Waals surface area contributed by atoms with E-state index in [1.54, 1.807) is 11.3 Å². The zero-order valence-corrected chi connectivity index (χ0v) is 12.8. The smallest absolute Gasteiger partial charge is 0.310 e. The van der Waals surface area contributed by atoms with E-state index in [-0.39, 0.29) is 24.8 Å². The van der Waals surface area contributed by atoms with Crippen molar-refractivity contribution in [2.24, 2.45) is 0 Å². The van der Waals surface area contributed by atoms with Crippen molar-refractivity contribution in [2.75, 3.05) is 14.2 Å². The van der Waals surface area contributed by atoms with Crippen LogP contribution in [0.4, 0.5) is 0 Å². The van der Waals surface area contributed by atoms with Crippen LogP contribution < -0.4 is 0 Å². The summed E-state index contributed by atoms with van der Waals surface area (Å²) in [6, 6.07) is 3.96. The van der Waals surface area contributed by atoms with Gasteiger partial charge in [-0.25, -0.2) is 0 Å². The fourth-order valence-corrected chi connectivity index (χ4v) is 3.81.